The minimum Gasteiger partial charge on any atom is -0.317 e. The van der Waals surface area contributed by atoms with Crippen LogP contribution in [0.25, 0.3) is 11.1 Å². The van der Waals surface area contributed by atoms with E-state index in [9.17, 15) is 0 Å². The molecule has 0 unspecified atom stereocenters. The topological polar surface area (TPSA) is 37.8 Å². The second kappa shape index (κ2) is 5.49. The van der Waals surface area contributed by atoms with Gasteiger partial charge < -0.3 is 5.32 Å². The molecule has 0 saturated carbocycles. The van der Waals surface area contributed by atoms with Crippen LogP contribution in [-0.4, -0.2) is 23.1 Å². The van der Waals surface area contributed by atoms with Crippen LogP contribution in [0, 0.1) is 6.92 Å². The maximum atomic E-state index is 4.58. The highest BCUT2D eigenvalue weighted by molar-refractivity contribution is 5.65. The molecule has 1 aliphatic rings. The van der Waals surface area contributed by atoms with Gasteiger partial charge in [-0.05, 0) is 44.0 Å². The van der Waals surface area contributed by atoms with Gasteiger partial charge in [0.2, 0.25) is 0 Å². The van der Waals surface area contributed by atoms with Crippen molar-refractivity contribution in [1.29, 1.82) is 0 Å². The fourth-order valence-electron chi connectivity index (χ4n) is 2.66. The van der Waals surface area contributed by atoms with Gasteiger partial charge in [-0.3, -0.25) is 0 Å². The van der Waals surface area contributed by atoms with Gasteiger partial charge in [0.05, 0.1) is 0 Å². The van der Waals surface area contributed by atoms with Gasteiger partial charge in [0, 0.05) is 23.9 Å². The summed E-state index contributed by atoms with van der Waals surface area (Å²) in [5.41, 5.74) is 3.59. The van der Waals surface area contributed by atoms with Crippen LogP contribution in [0.4, 0.5) is 0 Å². The molecule has 3 nitrogen and oxygen atoms in total. The maximum absolute atomic E-state index is 4.58. The van der Waals surface area contributed by atoms with Gasteiger partial charge in [-0.15, -0.1) is 0 Å². The third-order valence-corrected chi connectivity index (χ3v) is 3.83. The van der Waals surface area contributed by atoms with E-state index >= 15 is 0 Å². The Hall–Kier alpha value is -1.74. The Kier molecular flexibility index (Phi) is 3.56. The van der Waals surface area contributed by atoms with E-state index in [1.165, 1.54) is 11.1 Å². The Labute approximate surface area is 114 Å². The number of benzene rings is 1. The van der Waals surface area contributed by atoms with Crippen molar-refractivity contribution in [3.8, 4) is 11.1 Å². The summed E-state index contributed by atoms with van der Waals surface area (Å²) in [5.74, 6) is 1.52. The molecular formula is C16H19N3. The first-order valence-corrected chi connectivity index (χ1v) is 6.93. The number of rotatable bonds is 2. The molecule has 0 amide bonds. The molecule has 2 aromatic rings. The van der Waals surface area contributed by atoms with Crippen LogP contribution in [0.3, 0.4) is 0 Å². The molecule has 0 radical (unpaired) electrons. The Balaban J connectivity index is 1.84. The third kappa shape index (κ3) is 2.66. The standard InChI is InChI=1S/C16H19N3/c1-12-4-2-3-5-15(12)14-10-18-16(19-11-14)13-6-8-17-9-7-13/h2-5,10-11,13,17H,6-9H2,1H3. The maximum Gasteiger partial charge on any atom is 0.131 e. The van der Waals surface area contributed by atoms with Crippen LogP contribution in [0.1, 0.15) is 30.1 Å². The summed E-state index contributed by atoms with van der Waals surface area (Å²) >= 11 is 0. The number of aromatic nitrogens is 2. The van der Waals surface area contributed by atoms with Crippen molar-refractivity contribution in [2.45, 2.75) is 25.7 Å². The van der Waals surface area contributed by atoms with E-state index in [0.29, 0.717) is 5.92 Å². The van der Waals surface area contributed by atoms with Gasteiger partial charge in [-0.1, -0.05) is 24.3 Å². The molecule has 1 aromatic heterocycles. The lowest BCUT2D eigenvalue weighted by Crippen LogP contribution is -2.27. The molecule has 0 bridgehead atoms. The minimum atomic E-state index is 0.521. The van der Waals surface area contributed by atoms with E-state index in [-0.39, 0.29) is 0 Å². The zero-order valence-corrected chi connectivity index (χ0v) is 11.3. The number of hydrogen-bond donors (Lipinski definition) is 1. The average Bonchev–Trinajstić information content (AvgIpc) is 2.49. The molecule has 0 spiro atoms. The third-order valence-electron chi connectivity index (χ3n) is 3.83. The highest BCUT2D eigenvalue weighted by Crippen LogP contribution is 2.25. The van der Waals surface area contributed by atoms with Crippen LogP contribution in [0.2, 0.25) is 0 Å². The van der Waals surface area contributed by atoms with E-state index in [4.69, 9.17) is 0 Å². The second-order valence-corrected chi connectivity index (χ2v) is 5.17. The quantitative estimate of drug-likeness (QED) is 0.894. The van der Waals surface area contributed by atoms with E-state index in [1.807, 2.05) is 12.4 Å². The zero-order valence-electron chi connectivity index (χ0n) is 11.3. The van der Waals surface area contributed by atoms with Gasteiger partial charge in [-0.2, -0.15) is 0 Å². The first-order valence-electron chi connectivity index (χ1n) is 6.93. The number of nitrogens with zero attached hydrogens (tertiary/aromatic N) is 2. The fourth-order valence-corrected chi connectivity index (χ4v) is 2.66. The van der Waals surface area contributed by atoms with E-state index < -0.39 is 0 Å². The summed E-state index contributed by atoms with van der Waals surface area (Å²) in [5, 5.41) is 3.37. The normalized spacial score (nSPS) is 16.5. The van der Waals surface area contributed by atoms with Crippen molar-refractivity contribution >= 4 is 0 Å². The Morgan fingerprint density at radius 3 is 2.42 bits per heavy atom. The number of piperidine rings is 1. The highest BCUT2D eigenvalue weighted by atomic mass is 14.9. The molecule has 98 valence electrons. The van der Waals surface area contributed by atoms with Crippen LogP contribution in [0.15, 0.2) is 36.7 Å². The summed E-state index contributed by atoms with van der Waals surface area (Å²) < 4.78 is 0. The predicted octanol–water partition coefficient (Wildman–Crippen LogP) is 2.92. The predicted molar refractivity (Wildman–Crippen MR) is 77.0 cm³/mol. The molecule has 1 fully saturated rings. The van der Waals surface area contributed by atoms with Crippen LogP contribution < -0.4 is 5.32 Å². The lowest BCUT2D eigenvalue weighted by atomic mass is 9.97. The van der Waals surface area contributed by atoms with Gasteiger partial charge in [0.1, 0.15) is 5.82 Å². The summed E-state index contributed by atoms with van der Waals surface area (Å²) in [6, 6.07) is 8.36. The largest absolute Gasteiger partial charge is 0.317 e. The summed E-state index contributed by atoms with van der Waals surface area (Å²) in [7, 11) is 0. The lowest BCUT2D eigenvalue weighted by Gasteiger charge is -2.21. The fraction of sp³-hybridized carbons (Fsp3) is 0.375. The Bertz CT molecular complexity index is 542. The SMILES string of the molecule is Cc1ccccc1-c1cnc(C2CCNCC2)nc1. The van der Waals surface area contributed by atoms with Crippen LogP contribution in [0.5, 0.6) is 0 Å². The van der Waals surface area contributed by atoms with Gasteiger partial charge in [-0.25, -0.2) is 9.97 Å². The van der Waals surface area contributed by atoms with Crippen molar-refractivity contribution in [1.82, 2.24) is 15.3 Å². The smallest absolute Gasteiger partial charge is 0.131 e. The zero-order chi connectivity index (χ0) is 13.1. The van der Waals surface area contributed by atoms with E-state index in [1.54, 1.807) is 0 Å². The van der Waals surface area contributed by atoms with Crippen molar-refractivity contribution in [3.63, 3.8) is 0 Å². The number of aryl methyl sites for hydroxylation is 1. The number of nitrogens with one attached hydrogen (secondary N) is 1. The molecule has 1 saturated heterocycles. The summed E-state index contributed by atoms with van der Waals surface area (Å²) in [6.07, 6.45) is 6.22. The van der Waals surface area contributed by atoms with Crippen molar-refractivity contribution in [2.75, 3.05) is 13.1 Å². The molecule has 0 atom stereocenters. The molecule has 1 N–H and O–H groups in total. The van der Waals surface area contributed by atoms with Crippen LogP contribution in [-0.2, 0) is 0 Å². The average molecular weight is 253 g/mol. The lowest BCUT2D eigenvalue weighted by molar-refractivity contribution is 0.445. The van der Waals surface area contributed by atoms with Gasteiger partial charge in [0.25, 0.3) is 0 Å². The Morgan fingerprint density at radius 2 is 1.74 bits per heavy atom. The second-order valence-electron chi connectivity index (χ2n) is 5.17. The van der Waals surface area contributed by atoms with E-state index in [0.717, 1.165) is 37.3 Å². The van der Waals surface area contributed by atoms with Crippen molar-refractivity contribution in [2.24, 2.45) is 0 Å². The van der Waals surface area contributed by atoms with Crippen molar-refractivity contribution < 1.29 is 0 Å². The van der Waals surface area contributed by atoms with E-state index in [2.05, 4.69) is 46.5 Å². The molecule has 1 aliphatic heterocycles. The first-order chi connectivity index (χ1) is 9.34. The molecule has 2 heterocycles. The molecular weight excluding hydrogens is 234 g/mol. The Morgan fingerprint density at radius 1 is 1.05 bits per heavy atom. The monoisotopic (exact) mass is 253 g/mol. The number of hydrogen-bond acceptors (Lipinski definition) is 3. The first kappa shape index (κ1) is 12.3. The molecule has 3 rings (SSSR count). The summed E-state index contributed by atoms with van der Waals surface area (Å²) in [4.78, 5) is 9.16. The molecule has 0 aliphatic carbocycles. The summed E-state index contributed by atoms with van der Waals surface area (Å²) in [6.45, 7) is 4.27. The van der Waals surface area contributed by atoms with Crippen molar-refractivity contribution in [3.05, 3.63) is 48.0 Å². The van der Waals surface area contributed by atoms with Gasteiger partial charge >= 0.3 is 0 Å². The minimum absolute atomic E-state index is 0.521. The molecule has 1 aromatic carbocycles. The molecule has 3 heteroatoms. The van der Waals surface area contributed by atoms with Gasteiger partial charge in [0.15, 0.2) is 0 Å². The molecule has 19 heavy (non-hydrogen) atoms. The van der Waals surface area contributed by atoms with Crippen LogP contribution >= 0.6 is 0 Å². The highest BCUT2D eigenvalue weighted by Gasteiger charge is 2.17.